The van der Waals surface area contributed by atoms with Gasteiger partial charge in [-0.2, -0.15) is 0 Å². The van der Waals surface area contributed by atoms with Gasteiger partial charge in [0.2, 0.25) is 5.91 Å². The first kappa shape index (κ1) is 26.1. The zero-order valence-corrected chi connectivity index (χ0v) is 21.4. The van der Waals surface area contributed by atoms with Gasteiger partial charge in [-0.05, 0) is 61.4 Å². The predicted molar refractivity (Wildman–Crippen MR) is 143 cm³/mol. The minimum absolute atomic E-state index is 0.00238. The third-order valence-electron chi connectivity index (χ3n) is 7.31. The van der Waals surface area contributed by atoms with Crippen molar-refractivity contribution in [3.63, 3.8) is 0 Å². The smallest absolute Gasteiger partial charge is 0.251 e. The Hall–Kier alpha value is -2.99. The lowest BCUT2D eigenvalue weighted by molar-refractivity contribution is -0.120. The molecule has 36 heavy (non-hydrogen) atoms. The summed E-state index contributed by atoms with van der Waals surface area (Å²) in [6, 6.07) is 15.3. The lowest BCUT2D eigenvalue weighted by atomic mass is 9.95. The van der Waals surface area contributed by atoms with Crippen molar-refractivity contribution in [2.24, 2.45) is 0 Å². The first-order chi connectivity index (χ1) is 17.5. The Morgan fingerprint density at radius 3 is 2.47 bits per heavy atom. The molecule has 1 aliphatic carbocycles. The monoisotopic (exact) mass is 489 g/mol. The van der Waals surface area contributed by atoms with Gasteiger partial charge < -0.3 is 15.5 Å². The molecule has 1 heterocycles. The normalized spacial score (nSPS) is 17.2. The van der Waals surface area contributed by atoms with E-state index in [2.05, 4.69) is 17.6 Å². The Balaban J connectivity index is 1.52. The minimum atomic E-state index is -0.623. The van der Waals surface area contributed by atoms with Crippen LogP contribution in [0.2, 0.25) is 0 Å². The van der Waals surface area contributed by atoms with Gasteiger partial charge in [-0.1, -0.05) is 62.9 Å². The predicted octanol–water partition coefficient (Wildman–Crippen LogP) is 4.60. The molecule has 2 aromatic rings. The quantitative estimate of drug-likeness (QED) is 0.484. The van der Waals surface area contributed by atoms with Gasteiger partial charge in [-0.25, -0.2) is 0 Å². The Morgan fingerprint density at radius 2 is 1.78 bits per heavy atom. The fourth-order valence-corrected chi connectivity index (χ4v) is 5.33. The van der Waals surface area contributed by atoms with Crippen molar-refractivity contribution in [2.45, 2.75) is 83.2 Å². The highest BCUT2D eigenvalue weighted by Crippen LogP contribution is 2.25. The lowest BCUT2D eigenvalue weighted by Gasteiger charge is -2.24. The first-order valence-corrected chi connectivity index (χ1v) is 13.6. The molecule has 1 saturated carbocycles. The number of hydrogen-bond donors (Lipinski definition) is 2. The molecule has 2 fully saturated rings. The van der Waals surface area contributed by atoms with E-state index >= 15 is 0 Å². The van der Waals surface area contributed by atoms with Crippen molar-refractivity contribution >= 4 is 23.3 Å². The summed E-state index contributed by atoms with van der Waals surface area (Å²) < 4.78 is 0. The number of amides is 2. The van der Waals surface area contributed by atoms with Crippen LogP contribution in [0.5, 0.6) is 0 Å². The van der Waals surface area contributed by atoms with E-state index in [1.807, 2.05) is 42.5 Å². The fourth-order valence-electron chi connectivity index (χ4n) is 5.33. The molecule has 0 aromatic heterocycles. The highest BCUT2D eigenvalue weighted by atomic mass is 16.2. The van der Waals surface area contributed by atoms with Crippen LogP contribution in [0.4, 0.5) is 5.69 Å². The van der Waals surface area contributed by atoms with Crippen LogP contribution >= 0.6 is 0 Å². The van der Waals surface area contributed by atoms with E-state index in [4.69, 9.17) is 0 Å². The van der Waals surface area contributed by atoms with Crippen LogP contribution in [0.25, 0.3) is 0 Å². The van der Waals surface area contributed by atoms with E-state index < -0.39 is 6.04 Å². The molecule has 4 rings (SSSR count). The average Bonchev–Trinajstić information content (AvgIpc) is 3.34. The van der Waals surface area contributed by atoms with Crippen LogP contribution in [0.15, 0.2) is 48.5 Å². The Kier molecular flexibility index (Phi) is 9.29. The Morgan fingerprint density at radius 1 is 1.00 bits per heavy atom. The second-order valence-corrected chi connectivity index (χ2v) is 10.2. The van der Waals surface area contributed by atoms with Crippen molar-refractivity contribution in [1.82, 2.24) is 10.6 Å². The summed E-state index contributed by atoms with van der Waals surface area (Å²) in [6.45, 7) is 3.03. The SMILES string of the molecule is CCCc1cc(C(=O)N[C@@H](Cc2ccccc2)C(=O)CNC2CCCCC2)cc(N2CCCC2=O)c1. The van der Waals surface area contributed by atoms with E-state index in [0.717, 1.165) is 48.9 Å². The van der Waals surface area contributed by atoms with Crippen molar-refractivity contribution in [1.29, 1.82) is 0 Å². The van der Waals surface area contributed by atoms with Gasteiger partial charge in [0, 0.05) is 30.3 Å². The number of nitrogens with zero attached hydrogens (tertiary/aromatic N) is 1. The van der Waals surface area contributed by atoms with Gasteiger partial charge in [-0.3, -0.25) is 14.4 Å². The number of carbonyl (C=O) groups is 3. The molecule has 1 saturated heterocycles. The third kappa shape index (κ3) is 7.03. The van der Waals surface area contributed by atoms with Crippen LogP contribution in [-0.2, 0) is 22.4 Å². The van der Waals surface area contributed by atoms with E-state index in [-0.39, 0.29) is 24.1 Å². The molecule has 6 heteroatoms. The van der Waals surface area contributed by atoms with Crippen molar-refractivity contribution in [2.75, 3.05) is 18.0 Å². The van der Waals surface area contributed by atoms with Crippen molar-refractivity contribution < 1.29 is 14.4 Å². The fraction of sp³-hybridized carbons (Fsp3) is 0.500. The largest absolute Gasteiger partial charge is 0.342 e. The van der Waals surface area contributed by atoms with Gasteiger partial charge in [0.05, 0.1) is 12.6 Å². The molecule has 0 radical (unpaired) electrons. The molecule has 2 aliphatic rings. The Labute approximate surface area is 214 Å². The molecule has 1 aliphatic heterocycles. The van der Waals surface area contributed by atoms with Gasteiger partial charge in [0.15, 0.2) is 5.78 Å². The summed E-state index contributed by atoms with van der Waals surface area (Å²) in [4.78, 5) is 40.9. The summed E-state index contributed by atoms with van der Waals surface area (Å²) in [5.41, 5.74) is 3.32. The molecule has 2 amide bonds. The molecule has 0 bridgehead atoms. The Bertz CT molecular complexity index is 1050. The second kappa shape index (κ2) is 12.8. The number of Topliss-reactive ketones (excluding diaryl/α,β-unsaturated/α-hetero) is 1. The number of carbonyl (C=O) groups excluding carboxylic acids is 3. The van der Waals surface area contributed by atoms with Gasteiger partial charge >= 0.3 is 0 Å². The maximum absolute atomic E-state index is 13.5. The zero-order chi connectivity index (χ0) is 25.3. The van der Waals surface area contributed by atoms with Gasteiger partial charge in [0.25, 0.3) is 5.91 Å². The molecule has 2 N–H and O–H groups in total. The van der Waals surface area contributed by atoms with Gasteiger partial charge in [-0.15, -0.1) is 0 Å². The van der Waals surface area contributed by atoms with Crippen LogP contribution in [-0.4, -0.2) is 42.8 Å². The number of hydrogen-bond acceptors (Lipinski definition) is 4. The second-order valence-electron chi connectivity index (χ2n) is 10.2. The molecule has 0 spiro atoms. The molecular formula is C30H39N3O3. The third-order valence-corrected chi connectivity index (χ3v) is 7.31. The number of rotatable bonds is 11. The highest BCUT2D eigenvalue weighted by Gasteiger charge is 2.26. The van der Waals surface area contributed by atoms with Gasteiger partial charge in [0.1, 0.15) is 0 Å². The average molecular weight is 490 g/mol. The molecule has 0 unspecified atom stereocenters. The molecular weight excluding hydrogens is 450 g/mol. The highest BCUT2D eigenvalue weighted by molar-refractivity contribution is 6.01. The van der Waals surface area contributed by atoms with E-state index in [9.17, 15) is 14.4 Å². The molecule has 2 aromatic carbocycles. The summed E-state index contributed by atoms with van der Waals surface area (Å²) in [7, 11) is 0. The zero-order valence-electron chi connectivity index (χ0n) is 21.4. The van der Waals surface area contributed by atoms with Crippen LogP contribution in [0.3, 0.4) is 0 Å². The number of nitrogens with one attached hydrogen (secondary N) is 2. The van der Waals surface area contributed by atoms with E-state index in [1.165, 1.54) is 19.3 Å². The van der Waals surface area contributed by atoms with Crippen molar-refractivity contribution in [3.8, 4) is 0 Å². The van der Waals surface area contributed by atoms with Crippen LogP contribution in [0.1, 0.15) is 79.8 Å². The van der Waals surface area contributed by atoms with E-state index in [1.54, 1.807) is 11.0 Å². The maximum atomic E-state index is 13.5. The first-order valence-electron chi connectivity index (χ1n) is 13.6. The molecule has 1 atom stereocenters. The number of aryl methyl sites for hydroxylation is 1. The summed E-state index contributed by atoms with van der Waals surface area (Å²) in [5.74, 6) is -0.175. The summed E-state index contributed by atoms with van der Waals surface area (Å²) in [6.07, 6.45) is 9.47. The maximum Gasteiger partial charge on any atom is 0.251 e. The standard InChI is InChI=1S/C30H39N3O3/c1-2-10-23-17-24(20-26(18-23)33-16-9-15-29(33)35)30(36)32-27(19-22-11-5-3-6-12-22)28(34)21-31-25-13-7-4-8-14-25/h3,5-6,11-12,17-18,20,25,27,31H,2,4,7-10,13-16,19,21H2,1H3,(H,32,36)/t27-/m0/s1. The summed E-state index contributed by atoms with van der Waals surface area (Å²) in [5, 5.41) is 6.47. The molecule has 192 valence electrons. The summed E-state index contributed by atoms with van der Waals surface area (Å²) >= 11 is 0. The number of ketones is 1. The van der Waals surface area contributed by atoms with Crippen molar-refractivity contribution in [3.05, 3.63) is 65.2 Å². The van der Waals surface area contributed by atoms with Crippen LogP contribution in [0, 0.1) is 0 Å². The number of anilines is 1. The van der Waals surface area contributed by atoms with E-state index in [0.29, 0.717) is 31.0 Å². The minimum Gasteiger partial charge on any atom is -0.342 e. The lowest BCUT2D eigenvalue weighted by Crippen LogP contribution is -2.47. The topological polar surface area (TPSA) is 78.5 Å². The molecule has 6 nitrogen and oxygen atoms in total. The van der Waals surface area contributed by atoms with Crippen LogP contribution < -0.4 is 15.5 Å². The number of benzene rings is 2.